The number of rotatable bonds is 6. The molecule has 0 unspecified atom stereocenters. The minimum Gasteiger partial charge on any atom is -0.469 e. The van der Waals surface area contributed by atoms with Crippen molar-refractivity contribution >= 4 is 21.9 Å². The van der Waals surface area contributed by atoms with Crippen molar-refractivity contribution in [3.8, 4) is 0 Å². The highest BCUT2D eigenvalue weighted by molar-refractivity contribution is 7.89. The van der Waals surface area contributed by atoms with Crippen molar-refractivity contribution in [2.24, 2.45) is 7.05 Å². The number of carbonyl (C=O) groups excluding carboxylic acids is 2. The van der Waals surface area contributed by atoms with Crippen LogP contribution in [0.25, 0.3) is 0 Å². The third-order valence-corrected chi connectivity index (χ3v) is 4.39. The van der Waals surface area contributed by atoms with E-state index in [-0.39, 0.29) is 29.5 Å². The van der Waals surface area contributed by atoms with Gasteiger partial charge in [-0.05, 0) is 13.1 Å². The lowest BCUT2D eigenvalue weighted by atomic mass is 10.3. The minimum atomic E-state index is -3.60. The van der Waals surface area contributed by atoms with E-state index in [1.165, 1.54) is 42.9 Å². The molecule has 1 aromatic heterocycles. The average Bonchev–Trinajstić information content (AvgIpc) is 2.86. The van der Waals surface area contributed by atoms with Crippen LogP contribution in [0.4, 0.5) is 0 Å². The number of hydrogen-bond acceptors (Lipinski definition) is 5. The summed E-state index contributed by atoms with van der Waals surface area (Å²) in [7, 11) is 2.08. The van der Waals surface area contributed by atoms with E-state index in [2.05, 4.69) is 9.46 Å². The van der Waals surface area contributed by atoms with Crippen LogP contribution in [-0.2, 0) is 26.6 Å². The zero-order chi connectivity index (χ0) is 16.2. The molecular weight excluding hydrogens is 298 g/mol. The van der Waals surface area contributed by atoms with Gasteiger partial charge in [0.05, 0.1) is 13.5 Å². The number of methoxy groups -OCH3 is 1. The van der Waals surface area contributed by atoms with Crippen molar-refractivity contribution < 1.29 is 22.7 Å². The average molecular weight is 317 g/mol. The molecule has 0 fully saturated rings. The van der Waals surface area contributed by atoms with E-state index in [0.29, 0.717) is 0 Å². The molecule has 0 spiro atoms. The first-order valence-electron chi connectivity index (χ1n) is 6.15. The third kappa shape index (κ3) is 4.05. The summed E-state index contributed by atoms with van der Waals surface area (Å²) in [6, 6.07) is 1.29. The van der Waals surface area contributed by atoms with Crippen LogP contribution in [0.1, 0.15) is 16.9 Å². The largest absolute Gasteiger partial charge is 0.469 e. The Morgan fingerprint density at radius 3 is 2.57 bits per heavy atom. The van der Waals surface area contributed by atoms with Gasteiger partial charge in [0.1, 0.15) is 10.6 Å². The second kappa shape index (κ2) is 6.72. The van der Waals surface area contributed by atoms with E-state index in [1.807, 2.05) is 0 Å². The summed E-state index contributed by atoms with van der Waals surface area (Å²) >= 11 is 0. The molecule has 1 rings (SSSR count). The topological polar surface area (TPSA) is 97.7 Å². The smallest absolute Gasteiger partial charge is 0.307 e. The Bertz CT molecular complexity index is 635. The second-order valence-electron chi connectivity index (χ2n) is 4.43. The molecule has 0 saturated carbocycles. The predicted molar refractivity (Wildman–Crippen MR) is 75.3 cm³/mol. The molecule has 21 heavy (non-hydrogen) atoms. The normalized spacial score (nSPS) is 11.2. The molecule has 0 radical (unpaired) electrons. The number of hydrogen-bond donors (Lipinski definition) is 1. The maximum Gasteiger partial charge on any atom is 0.307 e. The first-order valence-corrected chi connectivity index (χ1v) is 7.63. The molecule has 0 atom stereocenters. The van der Waals surface area contributed by atoms with Crippen LogP contribution >= 0.6 is 0 Å². The fourth-order valence-electron chi connectivity index (χ4n) is 1.67. The zero-order valence-corrected chi connectivity index (χ0v) is 13.2. The van der Waals surface area contributed by atoms with E-state index in [0.717, 1.165) is 0 Å². The van der Waals surface area contributed by atoms with Gasteiger partial charge in [0.15, 0.2) is 0 Å². The number of amides is 1. The van der Waals surface area contributed by atoms with E-state index >= 15 is 0 Å². The van der Waals surface area contributed by atoms with Crippen molar-refractivity contribution in [1.29, 1.82) is 0 Å². The molecule has 0 saturated heterocycles. The third-order valence-electron chi connectivity index (χ3n) is 3.00. The molecular formula is C12H19N3O5S. The van der Waals surface area contributed by atoms with Crippen LogP contribution in [-0.4, -0.2) is 57.5 Å². The molecule has 9 heteroatoms. The Balaban J connectivity index is 2.91. The van der Waals surface area contributed by atoms with E-state index in [1.54, 1.807) is 7.05 Å². The quantitative estimate of drug-likeness (QED) is 0.718. The number of nitrogens with zero attached hydrogens (tertiary/aromatic N) is 2. The number of sulfonamides is 1. The van der Waals surface area contributed by atoms with Gasteiger partial charge in [0, 0.05) is 26.8 Å². The fourth-order valence-corrected chi connectivity index (χ4v) is 2.47. The SMILES string of the molecule is CNS(=O)(=O)c1cc(C(=O)N(C)CCC(=O)OC)n(C)c1. The van der Waals surface area contributed by atoms with Crippen LogP contribution in [0.3, 0.4) is 0 Å². The highest BCUT2D eigenvalue weighted by Crippen LogP contribution is 2.14. The number of ether oxygens (including phenoxy) is 1. The second-order valence-corrected chi connectivity index (χ2v) is 6.32. The Hall–Kier alpha value is -1.87. The molecule has 0 bridgehead atoms. The summed E-state index contributed by atoms with van der Waals surface area (Å²) in [5.41, 5.74) is 0.219. The van der Waals surface area contributed by atoms with Crippen LogP contribution in [0.5, 0.6) is 0 Å². The molecule has 1 aromatic rings. The summed E-state index contributed by atoms with van der Waals surface area (Å²) < 4.78 is 31.5. The molecule has 1 amide bonds. The monoisotopic (exact) mass is 317 g/mol. The van der Waals surface area contributed by atoms with Gasteiger partial charge < -0.3 is 14.2 Å². The van der Waals surface area contributed by atoms with Gasteiger partial charge in [-0.15, -0.1) is 0 Å². The zero-order valence-electron chi connectivity index (χ0n) is 12.4. The summed E-state index contributed by atoms with van der Waals surface area (Å²) in [6.45, 7) is 0.185. The van der Waals surface area contributed by atoms with Crippen LogP contribution in [0.15, 0.2) is 17.2 Å². The number of nitrogens with one attached hydrogen (secondary N) is 1. The first kappa shape index (κ1) is 17.2. The van der Waals surface area contributed by atoms with Crippen molar-refractivity contribution in [1.82, 2.24) is 14.2 Å². The summed E-state index contributed by atoms with van der Waals surface area (Å²) in [5, 5.41) is 0. The molecule has 1 N–H and O–H groups in total. The summed E-state index contributed by atoms with van der Waals surface area (Å²) in [4.78, 5) is 24.6. The molecule has 0 aromatic carbocycles. The number of aryl methyl sites for hydroxylation is 1. The molecule has 0 aliphatic rings. The minimum absolute atomic E-state index is 0.0113. The lowest BCUT2D eigenvalue weighted by Gasteiger charge is -2.16. The van der Waals surface area contributed by atoms with Crippen LogP contribution in [0.2, 0.25) is 0 Å². The molecule has 118 valence electrons. The Labute approximate surface area is 123 Å². The van der Waals surface area contributed by atoms with Crippen molar-refractivity contribution in [2.75, 3.05) is 27.7 Å². The van der Waals surface area contributed by atoms with Gasteiger partial charge in [-0.2, -0.15) is 0 Å². The van der Waals surface area contributed by atoms with E-state index in [9.17, 15) is 18.0 Å². The van der Waals surface area contributed by atoms with Gasteiger partial charge >= 0.3 is 5.97 Å². The molecule has 0 aliphatic heterocycles. The lowest BCUT2D eigenvalue weighted by molar-refractivity contribution is -0.140. The van der Waals surface area contributed by atoms with Crippen LogP contribution in [0, 0.1) is 0 Å². The fraction of sp³-hybridized carbons (Fsp3) is 0.500. The highest BCUT2D eigenvalue weighted by Gasteiger charge is 2.21. The van der Waals surface area contributed by atoms with Crippen LogP contribution < -0.4 is 4.72 Å². The Morgan fingerprint density at radius 2 is 2.05 bits per heavy atom. The van der Waals surface area contributed by atoms with Crippen molar-refractivity contribution in [3.05, 3.63) is 18.0 Å². The van der Waals surface area contributed by atoms with Gasteiger partial charge in [-0.1, -0.05) is 0 Å². The van der Waals surface area contributed by atoms with Crippen molar-refractivity contribution in [2.45, 2.75) is 11.3 Å². The van der Waals surface area contributed by atoms with Gasteiger partial charge in [0.25, 0.3) is 5.91 Å². The summed E-state index contributed by atoms with van der Waals surface area (Å²) in [5.74, 6) is -0.793. The molecule has 0 aliphatic carbocycles. The standard InChI is InChI=1S/C12H19N3O5S/c1-13-21(18,19)9-7-10(15(3)8-9)12(17)14(2)6-5-11(16)20-4/h7-8,13H,5-6H2,1-4H3. The first-order chi connectivity index (χ1) is 9.72. The van der Waals surface area contributed by atoms with Gasteiger partial charge in [-0.3, -0.25) is 9.59 Å². The van der Waals surface area contributed by atoms with E-state index < -0.39 is 16.0 Å². The van der Waals surface area contributed by atoms with E-state index in [4.69, 9.17) is 0 Å². The Morgan fingerprint density at radius 1 is 1.43 bits per heavy atom. The van der Waals surface area contributed by atoms with Crippen molar-refractivity contribution in [3.63, 3.8) is 0 Å². The summed E-state index contributed by atoms with van der Waals surface area (Å²) in [6.07, 6.45) is 1.43. The predicted octanol–water partition coefficient (Wildman–Crippen LogP) is -0.432. The number of esters is 1. The Kier molecular flexibility index (Phi) is 5.50. The van der Waals surface area contributed by atoms with Gasteiger partial charge in [-0.25, -0.2) is 13.1 Å². The maximum atomic E-state index is 12.2. The lowest BCUT2D eigenvalue weighted by Crippen LogP contribution is -2.30. The highest BCUT2D eigenvalue weighted by atomic mass is 32.2. The number of carbonyl (C=O) groups is 2. The number of aromatic nitrogens is 1. The molecule has 1 heterocycles. The maximum absolute atomic E-state index is 12.2. The molecule has 8 nitrogen and oxygen atoms in total. The van der Waals surface area contributed by atoms with Gasteiger partial charge in [0.2, 0.25) is 10.0 Å².